The molecule has 4 rings (SSSR count). The van der Waals surface area contributed by atoms with E-state index in [1.54, 1.807) is 18.4 Å². The average Bonchev–Trinajstić information content (AvgIpc) is 3.30. The number of rotatable bonds is 6. The van der Waals surface area contributed by atoms with E-state index in [1.165, 1.54) is 5.56 Å². The van der Waals surface area contributed by atoms with Crippen LogP contribution in [0.5, 0.6) is 5.75 Å². The van der Waals surface area contributed by atoms with Crippen LogP contribution < -0.4 is 9.64 Å². The van der Waals surface area contributed by atoms with E-state index in [2.05, 4.69) is 30.3 Å². The quantitative estimate of drug-likeness (QED) is 0.548. The van der Waals surface area contributed by atoms with E-state index >= 15 is 0 Å². The highest BCUT2D eigenvalue weighted by Crippen LogP contribution is 2.34. The summed E-state index contributed by atoms with van der Waals surface area (Å²) in [6.45, 7) is 1.61. The molecular weight excluding hydrogens is 406 g/mol. The van der Waals surface area contributed by atoms with Crippen LogP contribution in [0.15, 0.2) is 53.9 Å². The molecule has 0 saturated carbocycles. The molecule has 1 aliphatic rings. The predicted octanol–water partition coefficient (Wildman–Crippen LogP) is 4.98. The Kier molecular flexibility index (Phi) is 6.56. The fourth-order valence-corrected chi connectivity index (χ4v) is 4.86. The van der Waals surface area contributed by atoms with Crippen LogP contribution in [0.4, 0.5) is 5.13 Å². The van der Waals surface area contributed by atoms with Gasteiger partial charge in [0.25, 0.3) is 5.91 Å². The van der Waals surface area contributed by atoms with Crippen molar-refractivity contribution in [3.8, 4) is 17.0 Å². The number of amides is 1. The first kappa shape index (κ1) is 21.4. The molecule has 1 amide bonds. The molecule has 0 radical (unpaired) electrons. The van der Waals surface area contributed by atoms with Crippen LogP contribution >= 0.6 is 11.3 Å². The lowest BCUT2D eigenvalue weighted by Gasteiger charge is -2.32. The average molecular weight is 436 g/mol. The Hall–Kier alpha value is -2.86. The van der Waals surface area contributed by atoms with Gasteiger partial charge < -0.3 is 14.5 Å². The zero-order valence-electron chi connectivity index (χ0n) is 18.4. The van der Waals surface area contributed by atoms with E-state index in [9.17, 15) is 4.79 Å². The summed E-state index contributed by atoms with van der Waals surface area (Å²) >= 11 is 1.58. The predicted molar refractivity (Wildman–Crippen MR) is 127 cm³/mol. The molecular formula is C25H29N3O2S. The third-order valence-electron chi connectivity index (χ3n) is 5.87. The first-order valence-corrected chi connectivity index (χ1v) is 11.6. The topological polar surface area (TPSA) is 45.7 Å². The van der Waals surface area contributed by atoms with E-state index in [0.29, 0.717) is 11.5 Å². The Balaban J connectivity index is 1.46. The number of carbonyl (C=O) groups is 1. The highest BCUT2D eigenvalue weighted by molar-refractivity contribution is 7.14. The summed E-state index contributed by atoms with van der Waals surface area (Å²) in [5, 5.41) is 2.94. The molecule has 0 aliphatic carbocycles. The SMILES string of the molecule is COc1ccc(C(=O)N2CCC(Cc3ccccc3)CC2)cc1-c1csc(N(C)C)n1. The lowest BCUT2D eigenvalue weighted by Crippen LogP contribution is -2.38. The van der Waals surface area contributed by atoms with Crippen molar-refractivity contribution in [3.05, 3.63) is 65.0 Å². The summed E-state index contributed by atoms with van der Waals surface area (Å²) in [7, 11) is 5.60. The minimum Gasteiger partial charge on any atom is -0.496 e. The van der Waals surface area contributed by atoms with Crippen molar-refractivity contribution in [1.29, 1.82) is 0 Å². The van der Waals surface area contributed by atoms with Crippen molar-refractivity contribution in [2.45, 2.75) is 19.3 Å². The summed E-state index contributed by atoms with van der Waals surface area (Å²) < 4.78 is 5.55. The highest BCUT2D eigenvalue weighted by atomic mass is 32.1. The maximum atomic E-state index is 13.2. The third kappa shape index (κ3) is 4.90. The number of thiazole rings is 1. The van der Waals surface area contributed by atoms with Gasteiger partial charge in [-0.1, -0.05) is 30.3 Å². The van der Waals surface area contributed by atoms with Crippen molar-refractivity contribution in [2.24, 2.45) is 5.92 Å². The van der Waals surface area contributed by atoms with Gasteiger partial charge >= 0.3 is 0 Å². The molecule has 1 fully saturated rings. The first-order valence-electron chi connectivity index (χ1n) is 10.7. The van der Waals surface area contributed by atoms with Gasteiger partial charge in [0.1, 0.15) is 5.75 Å². The number of likely N-dealkylation sites (tertiary alicyclic amines) is 1. The van der Waals surface area contributed by atoms with Crippen molar-refractivity contribution in [1.82, 2.24) is 9.88 Å². The van der Waals surface area contributed by atoms with Gasteiger partial charge in [0, 0.05) is 43.7 Å². The zero-order valence-corrected chi connectivity index (χ0v) is 19.2. The summed E-state index contributed by atoms with van der Waals surface area (Å²) in [5.41, 5.74) is 3.77. The second-order valence-corrected chi connectivity index (χ2v) is 9.09. The zero-order chi connectivity index (χ0) is 21.8. The minimum atomic E-state index is 0.0881. The van der Waals surface area contributed by atoms with Crippen LogP contribution in [-0.2, 0) is 6.42 Å². The van der Waals surface area contributed by atoms with Crippen LogP contribution in [-0.4, -0.2) is 50.1 Å². The number of benzene rings is 2. The van der Waals surface area contributed by atoms with Crippen LogP contribution in [0.1, 0.15) is 28.8 Å². The van der Waals surface area contributed by atoms with Crippen molar-refractivity contribution < 1.29 is 9.53 Å². The molecule has 31 heavy (non-hydrogen) atoms. The first-order chi connectivity index (χ1) is 15.0. The van der Waals surface area contributed by atoms with Gasteiger partial charge in [-0.05, 0) is 48.9 Å². The molecule has 0 atom stereocenters. The summed E-state index contributed by atoms with van der Waals surface area (Å²) in [4.78, 5) is 21.9. The van der Waals surface area contributed by atoms with Crippen LogP contribution in [0.3, 0.4) is 0 Å². The third-order valence-corrected chi connectivity index (χ3v) is 6.87. The van der Waals surface area contributed by atoms with Gasteiger partial charge in [-0.25, -0.2) is 4.98 Å². The fourth-order valence-electron chi connectivity index (χ4n) is 4.10. The van der Waals surface area contributed by atoms with Gasteiger partial charge in [-0.2, -0.15) is 0 Å². The summed E-state index contributed by atoms with van der Waals surface area (Å²) in [6, 6.07) is 16.3. The Bertz CT molecular complexity index is 1020. The van der Waals surface area contributed by atoms with Crippen LogP contribution in [0, 0.1) is 5.92 Å². The van der Waals surface area contributed by atoms with E-state index in [1.807, 2.05) is 47.5 Å². The maximum Gasteiger partial charge on any atom is 0.253 e. The monoisotopic (exact) mass is 435 g/mol. The lowest BCUT2D eigenvalue weighted by molar-refractivity contribution is 0.0690. The number of aromatic nitrogens is 1. The molecule has 2 aromatic carbocycles. The van der Waals surface area contributed by atoms with E-state index in [0.717, 1.165) is 54.5 Å². The number of hydrogen-bond acceptors (Lipinski definition) is 5. The molecule has 1 saturated heterocycles. The molecule has 1 aromatic heterocycles. The largest absolute Gasteiger partial charge is 0.496 e. The summed E-state index contributed by atoms with van der Waals surface area (Å²) in [6.07, 6.45) is 3.18. The number of anilines is 1. The molecule has 5 nitrogen and oxygen atoms in total. The van der Waals surface area contributed by atoms with Crippen molar-refractivity contribution >= 4 is 22.4 Å². The molecule has 2 heterocycles. The van der Waals surface area contributed by atoms with E-state index < -0.39 is 0 Å². The van der Waals surface area contributed by atoms with Gasteiger partial charge in [0.15, 0.2) is 5.13 Å². The van der Waals surface area contributed by atoms with Gasteiger partial charge in [0.05, 0.1) is 12.8 Å². The second-order valence-electron chi connectivity index (χ2n) is 8.25. The Morgan fingerprint density at radius 1 is 1.16 bits per heavy atom. The summed E-state index contributed by atoms with van der Waals surface area (Å²) in [5.74, 6) is 1.45. The van der Waals surface area contributed by atoms with E-state index in [-0.39, 0.29) is 5.91 Å². The van der Waals surface area contributed by atoms with Gasteiger partial charge in [-0.3, -0.25) is 4.79 Å². The number of nitrogens with zero attached hydrogens (tertiary/aromatic N) is 3. The maximum absolute atomic E-state index is 13.2. The highest BCUT2D eigenvalue weighted by Gasteiger charge is 2.25. The van der Waals surface area contributed by atoms with Crippen LogP contribution in [0.25, 0.3) is 11.3 Å². The van der Waals surface area contributed by atoms with Crippen LogP contribution in [0.2, 0.25) is 0 Å². The lowest BCUT2D eigenvalue weighted by atomic mass is 9.90. The molecule has 6 heteroatoms. The van der Waals surface area contributed by atoms with Gasteiger partial charge in [0.2, 0.25) is 0 Å². The standard InChI is InChI=1S/C25H29N3O2S/c1-27(2)25-26-22(17-31-25)21-16-20(9-10-23(21)30-3)24(29)28-13-11-19(12-14-28)15-18-7-5-4-6-8-18/h4-10,16-17,19H,11-15H2,1-3H3. The van der Waals surface area contributed by atoms with E-state index in [4.69, 9.17) is 9.72 Å². The number of piperidine rings is 1. The smallest absolute Gasteiger partial charge is 0.253 e. The molecule has 162 valence electrons. The van der Waals surface area contributed by atoms with Crippen molar-refractivity contribution in [2.75, 3.05) is 39.2 Å². The molecule has 0 bridgehead atoms. The Morgan fingerprint density at radius 3 is 2.55 bits per heavy atom. The number of hydrogen-bond donors (Lipinski definition) is 0. The normalized spacial score (nSPS) is 14.5. The Morgan fingerprint density at radius 2 is 1.90 bits per heavy atom. The van der Waals surface area contributed by atoms with Crippen molar-refractivity contribution in [3.63, 3.8) is 0 Å². The number of methoxy groups -OCH3 is 1. The number of ether oxygens (including phenoxy) is 1. The Labute approximate surface area is 188 Å². The molecule has 0 unspecified atom stereocenters. The van der Waals surface area contributed by atoms with Gasteiger partial charge in [-0.15, -0.1) is 11.3 Å². The molecule has 0 spiro atoms. The fraction of sp³-hybridized carbons (Fsp3) is 0.360. The minimum absolute atomic E-state index is 0.0881. The molecule has 1 aliphatic heterocycles. The molecule has 0 N–H and O–H groups in total. The second kappa shape index (κ2) is 9.52. The molecule has 3 aromatic rings. The number of carbonyl (C=O) groups excluding carboxylic acids is 1.